The highest BCUT2D eigenvalue weighted by molar-refractivity contribution is 6.06. The minimum absolute atomic E-state index is 0.0558. The van der Waals surface area contributed by atoms with E-state index in [4.69, 9.17) is 0 Å². The summed E-state index contributed by atoms with van der Waals surface area (Å²) in [5.41, 5.74) is 3.78. The standard InChI is InChI=1S/C15H11N3O/c19-14-9-10-5-1-4-8-13(10)18(14)15-16-11-6-2-3-7-12(11)17-15/h1-8H,9H2,(H,16,17). The van der Waals surface area contributed by atoms with Crippen molar-refractivity contribution in [1.29, 1.82) is 0 Å². The Morgan fingerprint density at radius 3 is 2.74 bits per heavy atom. The molecule has 19 heavy (non-hydrogen) atoms. The number of H-pyrrole nitrogens is 1. The fourth-order valence-electron chi connectivity index (χ4n) is 2.53. The summed E-state index contributed by atoms with van der Waals surface area (Å²) in [5.74, 6) is 0.649. The summed E-state index contributed by atoms with van der Waals surface area (Å²) >= 11 is 0. The highest BCUT2D eigenvalue weighted by Gasteiger charge is 2.30. The molecule has 0 bridgehead atoms. The first kappa shape index (κ1) is 10.3. The Hall–Kier alpha value is -2.62. The van der Waals surface area contributed by atoms with E-state index < -0.39 is 0 Å². The number of hydrogen-bond acceptors (Lipinski definition) is 2. The average Bonchev–Trinajstić information content (AvgIpc) is 2.97. The lowest BCUT2D eigenvalue weighted by Gasteiger charge is -2.13. The molecule has 0 radical (unpaired) electrons. The number of fused-ring (bicyclic) bond motifs is 2. The molecule has 1 aromatic heterocycles. The van der Waals surface area contributed by atoms with Crippen LogP contribution in [0.1, 0.15) is 5.56 Å². The number of imidazole rings is 1. The SMILES string of the molecule is O=C1Cc2ccccc2N1c1nc2ccccc2[nH]1. The van der Waals surface area contributed by atoms with E-state index in [0.717, 1.165) is 22.3 Å². The molecule has 0 unspecified atom stereocenters. The van der Waals surface area contributed by atoms with Crippen LogP contribution in [0.3, 0.4) is 0 Å². The molecule has 1 amide bonds. The number of carbonyl (C=O) groups is 1. The predicted octanol–water partition coefficient (Wildman–Crippen LogP) is 2.78. The fourth-order valence-corrected chi connectivity index (χ4v) is 2.53. The molecule has 0 atom stereocenters. The van der Waals surface area contributed by atoms with Crippen LogP contribution in [0, 0.1) is 0 Å². The first-order valence-electron chi connectivity index (χ1n) is 6.18. The van der Waals surface area contributed by atoms with Gasteiger partial charge in [-0.25, -0.2) is 9.88 Å². The first-order chi connectivity index (χ1) is 9.33. The fraction of sp³-hybridized carbons (Fsp3) is 0.0667. The van der Waals surface area contributed by atoms with E-state index in [1.807, 2.05) is 48.5 Å². The third-order valence-corrected chi connectivity index (χ3v) is 3.41. The maximum absolute atomic E-state index is 12.2. The van der Waals surface area contributed by atoms with Crippen LogP contribution in [0.15, 0.2) is 48.5 Å². The second kappa shape index (κ2) is 3.68. The van der Waals surface area contributed by atoms with Gasteiger partial charge in [-0.05, 0) is 23.8 Å². The van der Waals surface area contributed by atoms with Crippen molar-refractivity contribution in [3.05, 3.63) is 54.1 Å². The van der Waals surface area contributed by atoms with Gasteiger partial charge in [-0.1, -0.05) is 30.3 Å². The number of rotatable bonds is 1. The van der Waals surface area contributed by atoms with Crippen molar-refractivity contribution in [2.75, 3.05) is 4.90 Å². The van der Waals surface area contributed by atoms with Crippen molar-refractivity contribution in [2.24, 2.45) is 0 Å². The lowest BCUT2D eigenvalue weighted by atomic mass is 10.2. The van der Waals surface area contributed by atoms with Gasteiger partial charge in [0.1, 0.15) is 0 Å². The molecular weight excluding hydrogens is 238 g/mol. The van der Waals surface area contributed by atoms with Crippen molar-refractivity contribution < 1.29 is 4.79 Å². The number of nitrogens with one attached hydrogen (secondary N) is 1. The van der Waals surface area contributed by atoms with Crippen LogP contribution < -0.4 is 4.90 Å². The number of aromatic amines is 1. The van der Waals surface area contributed by atoms with Gasteiger partial charge in [0.05, 0.1) is 23.1 Å². The van der Waals surface area contributed by atoms with Crippen LogP contribution in [0.4, 0.5) is 11.6 Å². The lowest BCUT2D eigenvalue weighted by Crippen LogP contribution is -2.21. The van der Waals surface area contributed by atoms with E-state index in [2.05, 4.69) is 9.97 Å². The molecular formula is C15H11N3O. The lowest BCUT2D eigenvalue weighted by molar-refractivity contribution is -0.116. The largest absolute Gasteiger partial charge is 0.323 e. The summed E-state index contributed by atoms with van der Waals surface area (Å²) in [6.45, 7) is 0. The van der Waals surface area contributed by atoms with Gasteiger partial charge in [0, 0.05) is 0 Å². The molecule has 1 N–H and O–H groups in total. The van der Waals surface area contributed by atoms with Crippen LogP contribution in [0.5, 0.6) is 0 Å². The highest BCUT2D eigenvalue weighted by Crippen LogP contribution is 2.34. The second-order valence-electron chi connectivity index (χ2n) is 4.61. The van der Waals surface area contributed by atoms with Crippen LogP contribution >= 0.6 is 0 Å². The summed E-state index contributed by atoms with van der Waals surface area (Å²) < 4.78 is 0. The number of anilines is 2. The summed E-state index contributed by atoms with van der Waals surface area (Å²) in [4.78, 5) is 21.5. The molecule has 92 valence electrons. The van der Waals surface area contributed by atoms with Crippen molar-refractivity contribution in [3.8, 4) is 0 Å². The molecule has 2 heterocycles. The van der Waals surface area contributed by atoms with E-state index in [9.17, 15) is 4.79 Å². The Morgan fingerprint density at radius 1 is 1.05 bits per heavy atom. The minimum atomic E-state index is 0.0558. The molecule has 4 heteroatoms. The van der Waals surface area contributed by atoms with Gasteiger partial charge in [0.15, 0.2) is 0 Å². The second-order valence-corrected chi connectivity index (χ2v) is 4.61. The smallest absolute Gasteiger partial charge is 0.238 e. The van der Waals surface area contributed by atoms with Gasteiger partial charge in [0.2, 0.25) is 11.9 Å². The van der Waals surface area contributed by atoms with Crippen LogP contribution in [-0.4, -0.2) is 15.9 Å². The van der Waals surface area contributed by atoms with Gasteiger partial charge in [-0.3, -0.25) is 4.79 Å². The quantitative estimate of drug-likeness (QED) is 0.721. The van der Waals surface area contributed by atoms with E-state index in [0.29, 0.717) is 12.4 Å². The first-order valence-corrected chi connectivity index (χ1v) is 6.18. The summed E-state index contributed by atoms with van der Waals surface area (Å²) in [6, 6.07) is 15.6. The molecule has 0 saturated heterocycles. The summed E-state index contributed by atoms with van der Waals surface area (Å²) in [5, 5.41) is 0. The molecule has 4 nitrogen and oxygen atoms in total. The molecule has 0 fully saturated rings. The third kappa shape index (κ3) is 1.46. The minimum Gasteiger partial charge on any atom is -0.323 e. The zero-order valence-corrected chi connectivity index (χ0v) is 10.1. The van der Waals surface area contributed by atoms with Crippen molar-refractivity contribution in [3.63, 3.8) is 0 Å². The Kier molecular flexibility index (Phi) is 2.00. The van der Waals surface area contributed by atoms with Crippen LogP contribution in [-0.2, 0) is 11.2 Å². The highest BCUT2D eigenvalue weighted by atomic mass is 16.2. The van der Waals surface area contributed by atoms with Gasteiger partial charge in [0.25, 0.3) is 0 Å². The summed E-state index contributed by atoms with van der Waals surface area (Å²) in [6.07, 6.45) is 0.438. The van der Waals surface area contributed by atoms with E-state index in [-0.39, 0.29) is 5.91 Å². The maximum Gasteiger partial charge on any atom is 0.238 e. The Bertz CT molecular complexity index is 758. The third-order valence-electron chi connectivity index (χ3n) is 3.41. The molecule has 2 aromatic carbocycles. The Morgan fingerprint density at radius 2 is 1.84 bits per heavy atom. The maximum atomic E-state index is 12.2. The van der Waals surface area contributed by atoms with Gasteiger partial charge in [-0.2, -0.15) is 0 Å². The molecule has 4 rings (SSSR count). The van der Waals surface area contributed by atoms with E-state index in [1.54, 1.807) is 4.90 Å². The van der Waals surface area contributed by atoms with Crippen LogP contribution in [0.25, 0.3) is 11.0 Å². The number of carbonyl (C=O) groups excluding carboxylic acids is 1. The molecule has 1 aliphatic rings. The zero-order valence-electron chi connectivity index (χ0n) is 10.1. The topological polar surface area (TPSA) is 49.0 Å². The predicted molar refractivity (Wildman–Crippen MR) is 73.4 cm³/mol. The van der Waals surface area contributed by atoms with Crippen molar-refractivity contribution >= 4 is 28.6 Å². The molecule has 1 aliphatic heterocycles. The number of benzene rings is 2. The van der Waals surface area contributed by atoms with Gasteiger partial charge < -0.3 is 4.98 Å². The Labute approximate surface area is 109 Å². The van der Waals surface area contributed by atoms with Gasteiger partial charge in [-0.15, -0.1) is 0 Å². The summed E-state index contributed by atoms with van der Waals surface area (Å²) in [7, 11) is 0. The monoisotopic (exact) mass is 249 g/mol. The molecule has 3 aromatic rings. The number of para-hydroxylation sites is 3. The number of aromatic nitrogens is 2. The molecule has 0 saturated carbocycles. The number of hydrogen-bond donors (Lipinski definition) is 1. The number of amides is 1. The normalized spacial score (nSPS) is 14.1. The Balaban J connectivity index is 1.90. The zero-order chi connectivity index (χ0) is 12.8. The van der Waals surface area contributed by atoms with Gasteiger partial charge >= 0.3 is 0 Å². The van der Waals surface area contributed by atoms with Crippen LogP contribution in [0.2, 0.25) is 0 Å². The van der Waals surface area contributed by atoms with E-state index in [1.165, 1.54) is 0 Å². The molecule has 0 spiro atoms. The number of nitrogens with zero attached hydrogens (tertiary/aromatic N) is 2. The molecule has 0 aliphatic carbocycles. The average molecular weight is 249 g/mol. The van der Waals surface area contributed by atoms with Crippen molar-refractivity contribution in [2.45, 2.75) is 6.42 Å². The van der Waals surface area contributed by atoms with Crippen molar-refractivity contribution in [1.82, 2.24) is 9.97 Å². The van der Waals surface area contributed by atoms with E-state index >= 15 is 0 Å².